The van der Waals surface area contributed by atoms with E-state index < -0.39 is 5.97 Å². The highest BCUT2D eigenvalue weighted by molar-refractivity contribution is 5.91. The molecule has 0 unspecified atom stereocenters. The summed E-state index contributed by atoms with van der Waals surface area (Å²) in [5.74, 6) is 3.42. The molecule has 3 nitrogen and oxygen atoms in total. The van der Waals surface area contributed by atoms with Gasteiger partial charge in [0.2, 0.25) is 0 Å². The van der Waals surface area contributed by atoms with Crippen LogP contribution in [0, 0.1) is 29.1 Å². The van der Waals surface area contributed by atoms with Gasteiger partial charge in [0.05, 0.1) is 0 Å². The second-order valence-corrected chi connectivity index (χ2v) is 11.2. The van der Waals surface area contributed by atoms with Crippen LogP contribution in [0.15, 0.2) is 11.6 Å². The van der Waals surface area contributed by atoms with Gasteiger partial charge in [0.15, 0.2) is 5.78 Å². The molecular formula is C28H46O3. The number of aliphatic carboxylic acids is 1. The molecule has 4 aliphatic rings. The van der Waals surface area contributed by atoms with Gasteiger partial charge in [-0.3, -0.25) is 9.59 Å². The minimum absolute atomic E-state index is 0.341. The van der Waals surface area contributed by atoms with Crippen molar-refractivity contribution in [1.29, 1.82) is 0 Å². The third-order valence-electron chi connectivity index (χ3n) is 9.08. The van der Waals surface area contributed by atoms with Gasteiger partial charge in [-0.2, -0.15) is 0 Å². The fourth-order valence-corrected chi connectivity index (χ4v) is 7.41. The second kappa shape index (κ2) is 11.7. The highest BCUT2D eigenvalue weighted by atomic mass is 16.4. The fraction of sp³-hybridized carbons (Fsp3) is 0.857. The van der Waals surface area contributed by atoms with Gasteiger partial charge in [0.1, 0.15) is 0 Å². The molecule has 0 bridgehead atoms. The quantitative estimate of drug-likeness (QED) is 0.401. The highest BCUT2D eigenvalue weighted by Gasteiger charge is 2.52. The number of allylic oxidation sites excluding steroid dienone is 1. The first-order valence-corrected chi connectivity index (χ1v) is 13.4. The number of hydrogen-bond donors (Lipinski definition) is 1. The average molecular weight is 431 g/mol. The van der Waals surface area contributed by atoms with Crippen molar-refractivity contribution in [3.8, 4) is 0 Å². The number of carbonyl (C=O) groups is 2. The van der Waals surface area contributed by atoms with Crippen molar-refractivity contribution < 1.29 is 14.7 Å². The minimum atomic E-state index is -0.663. The average Bonchev–Trinajstić information content (AvgIpc) is 3.15. The molecular weight excluding hydrogens is 384 g/mol. The summed E-state index contributed by atoms with van der Waals surface area (Å²) in [4.78, 5) is 21.8. The molecule has 31 heavy (non-hydrogen) atoms. The van der Waals surface area contributed by atoms with E-state index in [2.05, 4.69) is 13.8 Å². The lowest BCUT2D eigenvalue weighted by molar-refractivity contribution is -0.137. The van der Waals surface area contributed by atoms with E-state index in [4.69, 9.17) is 5.11 Å². The molecule has 1 N–H and O–H groups in total. The molecule has 176 valence electrons. The van der Waals surface area contributed by atoms with E-state index in [1.807, 2.05) is 6.08 Å². The smallest absolute Gasteiger partial charge is 0.303 e. The Balaban J connectivity index is 0.000000199. The van der Waals surface area contributed by atoms with Crippen LogP contribution in [0.2, 0.25) is 0 Å². The van der Waals surface area contributed by atoms with Gasteiger partial charge in [0.25, 0.3) is 0 Å². The Morgan fingerprint density at radius 2 is 1.71 bits per heavy atom. The minimum Gasteiger partial charge on any atom is -0.481 e. The Kier molecular flexibility index (Phi) is 9.22. The van der Waals surface area contributed by atoms with Crippen LogP contribution >= 0.6 is 0 Å². The predicted octanol–water partition coefficient (Wildman–Crippen LogP) is 7.73. The fourth-order valence-electron chi connectivity index (χ4n) is 7.41. The first-order chi connectivity index (χ1) is 14.9. The lowest BCUT2D eigenvalue weighted by Crippen LogP contribution is -2.44. The van der Waals surface area contributed by atoms with E-state index in [-0.39, 0.29) is 0 Å². The maximum atomic E-state index is 11.6. The van der Waals surface area contributed by atoms with Crippen LogP contribution in [-0.2, 0) is 9.59 Å². The predicted molar refractivity (Wildman–Crippen MR) is 127 cm³/mol. The van der Waals surface area contributed by atoms with E-state index >= 15 is 0 Å². The summed E-state index contributed by atoms with van der Waals surface area (Å²) in [6.45, 7) is 4.76. The molecule has 3 saturated carbocycles. The summed E-state index contributed by atoms with van der Waals surface area (Å²) >= 11 is 0. The monoisotopic (exact) mass is 430 g/mol. The Morgan fingerprint density at radius 3 is 2.45 bits per heavy atom. The van der Waals surface area contributed by atoms with Gasteiger partial charge in [-0.1, -0.05) is 64.4 Å². The van der Waals surface area contributed by atoms with Crippen LogP contribution in [0.5, 0.6) is 0 Å². The third-order valence-corrected chi connectivity index (χ3v) is 9.08. The lowest BCUT2D eigenvalue weighted by atomic mass is 9.52. The standard InChI is InChI=1S/C18H26O.C10H20O2/c1-18-9-2-3-17(18)16-6-4-12-11-13(19)5-7-14(12)15(16)8-10-18;1-2-3-4-5-6-7-8-9-10(11)12/h11,14-17H,2-10H2,1H3;2-9H2,1H3,(H,11,12)/t14-,15+,16+,17-,18-;/m0./s1. The molecule has 0 saturated heterocycles. The Morgan fingerprint density at radius 1 is 0.968 bits per heavy atom. The number of rotatable bonds is 8. The van der Waals surface area contributed by atoms with Crippen LogP contribution in [-0.4, -0.2) is 16.9 Å². The molecule has 0 heterocycles. The maximum absolute atomic E-state index is 11.6. The number of carboxylic acids is 1. The summed E-state index contributed by atoms with van der Waals surface area (Å²) < 4.78 is 0. The van der Waals surface area contributed by atoms with Crippen molar-refractivity contribution in [3.63, 3.8) is 0 Å². The van der Waals surface area contributed by atoms with E-state index in [1.165, 1.54) is 82.6 Å². The summed E-state index contributed by atoms with van der Waals surface area (Å²) in [6, 6.07) is 0. The molecule has 0 radical (unpaired) electrons. The zero-order valence-corrected chi connectivity index (χ0v) is 20.2. The molecule has 3 fully saturated rings. The zero-order chi connectivity index (χ0) is 22.3. The number of hydrogen-bond acceptors (Lipinski definition) is 2. The number of fused-ring (bicyclic) bond motifs is 5. The second-order valence-electron chi connectivity index (χ2n) is 11.2. The van der Waals surface area contributed by atoms with Crippen molar-refractivity contribution in [2.24, 2.45) is 29.1 Å². The molecule has 5 atom stereocenters. The molecule has 0 spiro atoms. The summed E-state index contributed by atoms with van der Waals surface area (Å²) in [5.41, 5.74) is 2.20. The van der Waals surface area contributed by atoms with Crippen LogP contribution in [0.1, 0.15) is 123 Å². The lowest BCUT2D eigenvalue weighted by Gasteiger charge is -2.52. The van der Waals surface area contributed by atoms with Gasteiger partial charge in [-0.05, 0) is 86.5 Å². The van der Waals surface area contributed by atoms with Crippen molar-refractivity contribution >= 4 is 11.8 Å². The Hall–Kier alpha value is -1.12. The van der Waals surface area contributed by atoms with Gasteiger partial charge in [-0.25, -0.2) is 0 Å². The first kappa shape index (κ1) is 24.5. The molecule has 0 amide bonds. The van der Waals surface area contributed by atoms with E-state index in [1.54, 1.807) is 0 Å². The number of carboxylic acid groups (broad SMARTS) is 1. The molecule has 4 aliphatic carbocycles. The van der Waals surface area contributed by atoms with Crippen molar-refractivity contribution in [3.05, 3.63) is 11.6 Å². The Bertz CT molecular complexity index is 636. The van der Waals surface area contributed by atoms with Gasteiger partial charge in [0, 0.05) is 12.8 Å². The molecule has 0 aromatic rings. The summed E-state index contributed by atoms with van der Waals surface area (Å²) in [5, 5.41) is 8.35. The zero-order valence-electron chi connectivity index (χ0n) is 20.2. The summed E-state index contributed by atoms with van der Waals surface area (Å²) in [6.07, 6.45) is 22.6. The summed E-state index contributed by atoms with van der Waals surface area (Å²) in [7, 11) is 0. The largest absolute Gasteiger partial charge is 0.481 e. The molecule has 0 aromatic carbocycles. The molecule has 0 aromatic heterocycles. The third kappa shape index (κ3) is 6.45. The Labute approximate surface area is 190 Å². The number of unbranched alkanes of at least 4 members (excludes halogenated alkanes) is 6. The van der Waals surface area contributed by atoms with Crippen molar-refractivity contribution in [2.75, 3.05) is 0 Å². The SMILES string of the molecule is CCCCCCCCCC(=O)O.C[C@@]12CCC[C@H]1[C@@H]1CCC3=CC(=O)CC[C@@H]3[C@H]1CC2. The topological polar surface area (TPSA) is 54.4 Å². The van der Waals surface area contributed by atoms with Crippen LogP contribution in [0.4, 0.5) is 0 Å². The molecule has 3 heteroatoms. The number of ketones is 1. The normalized spacial score (nSPS) is 34.0. The van der Waals surface area contributed by atoms with Gasteiger partial charge in [-0.15, -0.1) is 0 Å². The van der Waals surface area contributed by atoms with E-state index in [0.29, 0.717) is 17.6 Å². The molecule has 4 rings (SSSR count). The van der Waals surface area contributed by atoms with Crippen molar-refractivity contribution in [2.45, 2.75) is 123 Å². The van der Waals surface area contributed by atoms with Crippen LogP contribution in [0.3, 0.4) is 0 Å². The van der Waals surface area contributed by atoms with E-state index in [9.17, 15) is 9.59 Å². The van der Waals surface area contributed by atoms with Crippen molar-refractivity contribution in [1.82, 2.24) is 0 Å². The highest BCUT2D eigenvalue weighted by Crippen LogP contribution is 2.61. The van der Waals surface area contributed by atoms with Crippen LogP contribution < -0.4 is 0 Å². The van der Waals surface area contributed by atoms with Crippen LogP contribution in [0.25, 0.3) is 0 Å². The van der Waals surface area contributed by atoms with Gasteiger partial charge >= 0.3 is 5.97 Å². The number of carbonyl (C=O) groups excluding carboxylic acids is 1. The van der Waals surface area contributed by atoms with Gasteiger partial charge < -0.3 is 5.11 Å². The maximum Gasteiger partial charge on any atom is 0.303 e. The first-order valence-electron chi connectivity index (χ1n) is 13.4. The molecule has 0 aliphatic heterocycles. The van der Waals surface area contributed by atoms with E-state index in [0.717, 1.165) is 49.4 Å².